The van der Waals surface area contributed by atoms with Crippen molar-refractivity contribution in [3.05, 3.63) is 72.8 Å². The summed E-state index contributed by atoms with van der Waals surface area (Å²) in [5, 5.41) is 2.33. The van der Waals surface area contributed by atoms with Crippen LogP contribution in [-0.2, 0) is 13.9 Å². The minimum Gasteiger partial charge on any atom is -0.439 e. The van der Waals surface area contributed by atoms with Crippen LogP contribution in [0, 0.1) is 0 Å². The molecule has 2 aromatic carbocycles. The van der Waals surface area contributed by atoms with E-state index in [1.165, 1.54) is 10.4 Å². The Morgan fingerprint density at radius 3 is 2.02 bits per heavy atom. The Kier molecular flexibility index (Phi) is 11.6. The molecular weight excluding hydrogens is 514 g/mol. The zero-order chi connectivity index (χ0) is 29.3. The largest absolute Gasteiger partial charge is 0.439 e. The first kappa shape index (κ1) is 32.1. The molecule has 3 atom stereocenters. The minimum absolute atomic E-state index is 0.0366. The lowest BCUT2D eigenvalue weighted by atomic mass is 9.92. The van der Waals surface area contributed by atoms with Crippen LogP contribution in [0.2, 0.25) is 5.04 Å². The van der Waals surface area contributed by atoms with Crippen LogP contribution in [0.15, 0.2) is 72.8 Å². The summed E-state index contributed by atoms with van der Waals surface area (Å²) < 4.78 is 19.6. The maximum atomic E-state index is 13.6. The Hall–Kier alpha value is -2.41. The fraction of sp³-hybridized carbons (Fsp3) is 0.559. The van der Waals surface area contributed by atoms with E-state index in [4.69, 9.17) is 13.9 Å². The third kappa shape index (κ3) is 7.45. The molecule has 0 unspecified atom stereocenters. The highest BCUT2D eigenvalue weighted by Crippen LogP contribution is 2.37. The number of carbonyl (C=O) groups is 1. The van der Waals surface area contributed by atoms with Gasteiger partial charge in [-0.15, -0.1) is 0 Å². The summed E-state index contributed by atoms with van der Waals surface area (Å²) in [5.74, 6) is 0. The average Bonchev–Trinajstić information content (AvgIpc) is 2.91. The van der Waals surface area contributed by atoms with Crippen molar-refractivity contribution in [2.45, 2.75) is 110 Å². The summed E-state index contributed by atoms with van der Waals surface area (Å²) in [6, 6.07) is 21.2. The SMILES string of the molecule is C=C1C[C@H](CCC)O[C@H](CCC)[C@@H]1OC(=O)N(CCO[Si](c1ccccc1)(c1ccccc1)C(C)(C)C)C(C)C. The van der Waals surface area contributed by atoms with Crippen LogP contribution in [-0.4, -0.2) is 56.8 Å². The maximum Gasteiger partial charge on any atom is 0.410 e. The second kappa shape index (κ2) is 14.5. The summed E-state index contributed by atoms with van der Waals surface area (Å²) in [6.07, 6.45) is 3.88. The third-order valence-corrected chi connectivity index (χ3v) is 13.0. The molecule has 0 N–H and O–H groups in total. The number of nitrogens with zero attached hydrogens (tertiary/aromatic N) is 1. The molecule has 0 aromatic heterocycles. The summed E-state index contributed by atoms with van der Waals surface area (Å²) in [4.78, 5) is 15.4. The molecule has 0 spiro atoms. The van der Waals surface area contributed by atoms with E-state index in [0.717, 1.165) is 37.7 Å². The molecule has 0 aliphatic carbocycles. The van der Waals surface area contributed by atoms with E-state index in [9.17, 15) is 4.79 Å². The highest BCUT2D eigenvalue weighted by molar-refractivity contribution is 6.99. The zero-order valence-corrected chi connectivity index (χ0v) is 26.8. The molecule has 40 heavy (non-hydrogen) atoms. The number of benzene rings is 2. The van der Waals surface area contributed by atoms with Crippen LogP contribution >= 0.6 is 0 Å². The quantitative estimate of drug-likeness (QED) is 0.204. The maximum absolute atomic E-state index is 13.6. The van der Waals surface area contributed by atoms with Crippen LogP contribution < -0.4 is 10.4 Å². The zero-order valence-electron chi connectivity index (χ0n) is 25.8. The Morgan fingerprint density at radius 1 is 1.00 bits per heavy atom. The molecule has 1 heterocycles. The van der Waals surface area contributed by atoms with Gasteiger partial charge in [0.25, 0.3) is 8.32 Å². The molecule has 5 nitrogen and oxygen atoms in total. The van der Waals surface area contributed by atoms with Crippen molar-refractivity contribution in [2.75, 3.05) is 13.2 Å². The van der Waals surface area contributed by atoms with E-state index in [2.05, 4.69) is 89.7 Å². The lowest BCUT2D eigenvalue weighted by Crippen LogP contribution is -2.67. The third-order valence-electron chi connectivity index (χ3n) is 7.93. The first-order valence-electron chi connectivity index (χ1n) is 15.1. The lowest BCUT2D eigenvalue weighted by molar-refractivity contribution is -0.103. The lowest BCUT2D eigenvalue weighted by Gasteiger charge is -2.43. The molecule has 0 radical (unpaired) electrons. The van der Waals surface area contributed by atoms with Gasteiger partial charge in [0.1, 0.15) is 0 Å². The first-order valence-corrected chi connectivity index (χ1v) is 17.0. The monoisotopic (exact) mass is 565 g/mol. The van der Waals surface area contributed by atoms with Crippen molar-refractivity contribution in [1.82, 2.24) is 4.90 Å². The molecule has 6 heteroatoms. The van der Waals surface area contributed by atoms with Crippen molar-refractivity contribution in [3.8, 4) is 0 Å². The van der Waals surface area contributed by atoms with Gasteiger partial charge in [0, 0.05) is 12.6 Å². The Bertz CT molecular complexity index is 1030. The number of amides is 1. The smallest absolute Gasteiger partial charge is 0.410 e. The standard InChI is InChI=1S/C34H51NO4Si/c1-9-17-28-25-27(5)32(31(38-28)18-10-2)39-33(36)35(26(3)4)23-24-37-40(34(6,7)8,29-19-13-11-14-20-29)30-21-15-12-16-22-30/h11-16,19-22,26,28,31-32H,5,9-10,17-18,23-25H2,1-4,6-8H3/t28-,31+,32+/m0/s1. The highest BCUT2D eigenvalue weighted by atomic mass is 28.4. The summed E-state index contributed by atoms with van der Waals surface area (Å²) >= 11 is 0. The van der Waals surface area contributed by atoms with Gasteiger partial charge in [0.05, 0.1) is 18.8 Å². The van der Waals surface area contributed by atoms with Gasteiger partial charge in [-0.05, 0) is 54.1 Å². The number of carbonyl (C=O) groups excluding carboxylic acids is 1. The molecule has 0 saturated carbocycles. The van der Waals surface area contributed by atoms with Crippen molar-refractivity contribution in [1.29, 1.82) is 0 Å². The van der Waals surface area contributed by atoms with Gasteiger partial charge in [0.2, 0.25) is 0 Å². The average molecular weight is 566 g/mol. The summed E-state index contributed by atoms with van der Waals surface area (Å²) in [5.41, 5.74) is 0.962. The van der Waals surface area contributed by atoms with Gasteiger partial charge in [-0.1, -0.05) is 115 Å². The fourth-order valence-corrected chi connectivity index (χ4v) is 10.5. The number of hydrogen-bond donors (Lipinski definition) is 0. The summed E-state index contributed by atoms with van der Waals surface area (Å²) in [6.45, 7) is 20.3. The Labute approximate surface area is 244 Å². The van der Waals surface area contributed by atoms with E-state index < -0.39 is 14.4 Å². The predicted octanol–water partition coefficient (Wildman–Crippen LogP) is 7.09. The van der Waals surface area contributed by atoms with Crippen LogP contribution in [0.25, 0.3) is 0 Å². The predicted molar refractivity (Wildman–Crippen MR) is 168 cm³/mol. The number of rotatable bonds is 12. The first-order chi connectivity index (χ1) is 19.0. The van der Waals surface area contributed by atoms with E-state index >= 15 is 0 Å². The molecule has 1 aliphatic rings. The molecule has 3 rings (SSSR count). The molecular formula is C34H51NO4Si. The van der Waals surface area contributed by atoms with Gasteiger partial charge in [-0.2, -0.15) is 0 Å². The van der Waals surface area contributed by atoms with E-state index in [0.29, 0.717) is 13.2 Å². The second-order valence-corrected chi connectivity index (χ2v) is 16.6. The van der Waals surface area contributed by atoms with Crippen molar-refractivity contribution < 1.29 is 18.7 Å². The molecule has 1 fully saturated rings. The number of hydrogen-bond acceptors (Lipinski definition) is 4. The van der Waals surface area contributed by atoms with Crippen molar-refractivity contribution >= 4 is 24.8 Å². The topological polar surface area (TPSA) is 48.0 Å². The van der Waals surface area contributed by atoms with Crippen molar-refractivity contribution in [2.24, 2.45) is 0 Å². The van der Waals surface area contributed by atoms with Gasteiger partial charge in [0.15, 0.2) is 6.10 Å². The normalized spacial score (nSPS) is 20.0. The second-order valence-electron chi connectivity index (χ2n) is 12.3. The molecule has 1 saturated heterocycles. The van der Waals surface area contributed by atoms with E-state index in [1.807, 2.05) is 26.0 Å². The minimum atomic E-state index is -2.69. The van der Waals surface area contributed by atoms with Crippen LogP contribution in [0.4, 0.5) is 4.79 Å². The van der Waals surface area contributed by atoms with Crippen LogP contribution in [0.1, 0.15) is 80.6 Å². The Balaban J connectivity index is 1.80. The van der Waals surface area contributed by atoms with Crippen molar-refractivity contribution in [3.63, 3.8) is 0 Å². The fourth-order valence-electron chi connectivity index (χ4n) is 5.99. The molecule has 1 amide bonds. The summed E-state index contributed by atoms with van der Waals surface area (Å²) in [7, 11) is -2.69. The highest BCUT2D eigenvalue weighted by Gasteiger charge is 2.50. The molecule has 1 aliphatic heterocycles. The molecule has 220 valence electrons. The van der Waals surface area contributed by atoms with Crippen LogP contribution in [0.3, 0.4) is 0 Å². The van der Waals surface area contributed by atoms with Gasteiger partial charge < -0.3 is 18.8 Å². The van der Waals surface area contributed by atoms with E-state index in [1.54, 1.807) is 4.90 Å². The number of ether oxygens (including phenoxy) is 2. The van der Waals surface area contributed by atoms with Gasteiger partial charge >= 0.3 is 6.09 Å². The van der Waals surface area contributed by atoms with Gasteiger partial charge in [-0.3, -0.25) is 0 Å². The van der Waals surface area contributed by atoms with Crippen LogP contribution in [0.5, 0.6) is 0 Å². The molecule has 2 aromatic rings. The van der Waals surface area contributed by atoms with E-state index in [-0.39, 0.29) is 29.4 Å². The Morgan fingerprint density at radius 2 is 1.55 bits per heavy atom. The molecule has 0 bridgehead atoms. The van der Waals surface area contributed by atoms with Gasteiger partial charge in [-0.25, -0.2) is 4.79 Å².